The van der Waals surface area contributed by atoms with E-state index in [1.165, 1.54) is 4.90 Å². The Morgan fingerprint density at radius 1 is 1.00 bits per heavy atom. The first-order chi connectivity index (χ1) is 20.7. The van der Waals surface area contributed by atoms with E-state index in [4.69, 9.17) is 5.73 Å². The quantitative estimate of drug-likeness (QED) is 0.228. The zero-order chi connectivity index (χ0) is 33.7. The molecule has 10 nitrogen and oxygen atoms in total. The summed E-state index contributed by atoms with van der Waals surface area (Å²) in [7, 11) is 0. The van der Waals surface area contributed by atoms with E-state index in [1.54, 1.807) is 11.8 Å². The lowest BCUT2D eigenvalue weighted by molar-refractivity contribution is -0.145. The molecule has 0 bridgehead atoms. The summed E-state index contributed by atoms with van der Waals surface area (Å²) in [5, 5.41) is 8.82. The molecule has 0 aromatic heterocycles. The highest BCUT2D eigenvalue weighted by atomic mass is 32.2. The number of fused-ring (bicyclic) bond motifs is 1. The van der Waals surface area contributed by atoms with Crippen molar-refractivity contribution < 1.29 is 32.8 Å². The molecule has 0 spiro atoms. The van der Waals surface area contributed by atoms with Gasteiger partial charge in [-0.15, -0.1) is 0 Å². The third-order valence-electron chi connectivity index (χ3n) is 10.3. The zero-order valence-corrected chi connectivity index (χ0v) is 28.5. The highest BCUT2D eigenvalue weighted by molar-refractivity contribution is 7.99. The van der Waals surface area contributed by atoms with E-state index in [0.29, 0.717) is 18.7 Å². The molecule has 4 fully saturated rings. The van der Waals surface area contributed by atoms with Gasteiger partial charge in [0.15, 0.2) is 0 Å². The summed E-state index contributed by atoms with van der Waals surface area (Å²) in [6.45, 7) is 13.8. The van der Waals surface area contributed by atoms with Crippen LogP contribution < -0.4 is 21.7 Å². The molecular weight excluding hydrogens is 616 g/mol. The number of hydrogen-bond donors (Lipinski definition) is 4. The predicted molar refractivity (Wildman–Crippen MR) is 175 cm³/mol. The highest BCUT2D eigenvalue weighted by Gasteiger charge is 2.70. The molecule has 0 aromatic carbocycles. The van der Waals surface area contributed by atoms with Gasteiger partial charge in [0.25, 0.3) is 5.91 Å². The minimum atomic E-state index is -2.77. The van der Waals surface area contributed by atoms with Crippen LogP contribution in [0.15, 0.2) is 0 Å². The van der Waals surface area contributed by atoms with E-state index >= 15 is 0 Å². The number of amides is 5. The van der Waals surface area contributed by atoms with Crippen molar-refractivity contribution in [3.05, 3.63) is 0 Å². The maximum Gasteiger partial charge on any atom is 0.315 e. The van der Waals surface area contributed by atoms with Crippen LogP contribution in [0.1, 0.15) is 101 Å². The maximum atomic E-state index is 14.3. The van der Waals surface area contributed by atoms with Gasteiger partial charge in [0.2, 0.25) is 23.5 Å². The minimum absolute atomic E-state index is 0. The Labute approximate surface area is 276 Å². The number of likely N-dealkylation sites (tertiary alicyclic amines) is 1. The number of nitrogens with zero attached hydrogens (tertiary/aromatic N) is 1. The molecule has 5 amide bonds. The highest BCUT2D eigenvalue weighted by Crippen LogP contribution is 2.65. The lowest BCUT2D eigenvalue weighted by Crippen LogP contribution is -2.63. The van der Waals surface area contributed by atoms with Gasteiger partial charge in [0, 0.05) is 25.1 Å². The fourth-order valence-electron chi connectivity index (χ4n) is 7.11. The van der Waals surface area contributed by atoms with Crippen LogP contribution in [-0.2, 0) is 19.2 Å². The number of hydrogen-bond acceptors (Lipinski definition) is 6. The SMILES string of the molecule is C.CC(C)SCC1(NC(=O)NC(C(=O)N2CC3C([C@H]2C(=O)NC(CC2CC2)C(=O)C(N)=O)C3(C)C)C(C)(C)C)CCC(F)(F)CC1. The third-order valence-corrected chi connectivity index (χ3v) is 11.7. The zero-order valence-electron chi connectivity index (χ0n) is 27.6. The molecule has 4 unspecified atom stereocenters. The van der Waals surface area contributed by atoms with Gasteiger partial charge in [0.1, 0.15) is 12.1 Å². The second-order valence-electron chi connectivity index (χ2n) is 15.8. The van der Waals surface area contributed by atoms with E-state index in [0.717, 1.165) is 12.8 Å². The summed E-state index contributed by atoms with van der Waals surface area (Å²) in [5.74, 6) is -5.06. The Bertz CT molecular complexity index is 1190. The van der Waals surface area contributed by atoms with Crippen LogP contribution in [0.4, 0.5) is 13.6 Å². The Morgan fingerprint density at radius 2 is 1.59 bits per heavy atom. The van der Waals surface area contributed by atoms with Crippen molar-refractivity contribution in [1.29, 1.82) is 0 Å². The number of urea groups is 1. The van der Waals surface area contributed by atoms with Gasteiger partial charge in [0.05, 0.1) is 11.6 Å². The number of halogens is 2. The van der Waals surface area contributed by atoms with Crippen LogP contribution in [0.3, 0.4) is 0 Å². The second-order valence-corrected chi connectivity index (χ2v) is 17.3. The van der Waals surface area contributed by atoms with Crippen LogP contribution in [0.5, 0.6) is 0 Å². The molecule has 4 rings (SSSR count). The summed E-state index contributed by atoms with van der Waals surface area (Å²) in [6, 6.07) is -3.57. The molecule has 46 heavy (non-hydrogen) atoms. The molecule has 0 aromatic rings. The number of carbonyl (C=O) groups excluding carboxylic acids is 5. The van der Waals surface area contributed by atoms with Crippen LogP contribution in [-0.4, -0.2) is 81.6 Å². The number of nitrogens with two attached hydrogens (primary N) is 1. The fraction of sp³-hybridized carbons (Fsp3) is 0.848. The van der Waals surface area contributed by atoms with Crippen molar-refractivity contribution in [2.75, 3.05) is 12.3 Å². The van der Waals surface area contributed by atoms with Crippen molar-refractivity contribution in [2.45, 2.75) is 136 Å². The van der Waals surface area contributed by atoms with Crippen LogP contribution in [0.2, 0.25) is 0 Å². The lowest BCUT2D eigenvalue weighted by atomic mass is 9.81. The molecule has 5 N–H and O–H groups in total. The molecule has 1 saturated heterocycles. The number of rotatable bonds is 12. The summed E-state index contributed by atoms with van der Waals surface area (Å²) >= 11 is 1.59. The first-order valence-electron chi connectivity index (χ1n) is 16.2. The Hall–Kier alpha value is -2.44. The third kappa shape index (κ3) is 8.52. The Kier molecular flexibility index (Phi) is 11.2. The lowest BCUT2D eigenvalue weighted by Gasteiger charge is -2.42. The summed E-state index contributed by atoms with van der Waals surface area (Å²) in [6.07, 6.45) is 1.74. The normalized spacial score (nSPS) is 27.0. The van der Waals surface area contributed by atoms with Crippen molar-refractivity contribution in [3.63, 3.8) is 0 Å². The molecule has 3 aliphatic carbocycles. The van der Waals surface area contributed by atoms with Gasteiger partial charge in [-0.3, -0.25) is 19.2 Å². The number of Topliss-reactive ketones (excluding diaryl/α,β-unsaturated/α-hetero) is 1. The monoisotopic (exact) mass is 671 g/mol. The van der Waals surface area contributed by atoms with Crippen molar-refractivity contribution in [3.8, 4) is 0 Å². The molecule has 1 aliphatic heterocycles. The molecule has 3 saturated carbocycles. The molecule has 4 aliphatic rings. The van der Waals surface area contributed by atoms with Crippen LogP contribution in [0.25, 0.3) is 0 Å². The van der Waals surface area contributed by atoms with Gasteiger partial charge in [-0.1, -0.05) is 68.7 Å². The van der Waals surface area contributed by atoms with Gasteiger partial charge < -0.3 is 26.6 Å². The van der Waals surface area contributed by atoms with Crippen molar-refractivity contribution in [1.82, 2.24) is 20.9 Å². The summed E-state index contributed by atoms with van der Waals surface area (Å²) < 4.78 is 28.2. The largest absolute Gasteiger partial charge is 0.363 e. The molecular formula is C33H55F2N5O5S. The van der Waals surface area contributed by atoms with E-state index < -0.39 is 64.5 Å². The van der Waals surface area contributed by atoms with E-state index in [9.17, 15) is 32.8 Å². The molecule has 13 heteroatoms. The van der Waals surface area contributed by atoms with Gasteiger partial charge in [-0.2, -0.15) is 11.8 Å². The number of thioether (sulfide) groups is 1. The fourth-order valence-corrected chi connectivity index (χ4v) is 8.12. The van der Waals surface area contributed by atoms with Gasteiger partial charge in [-0.25, -0.2) is 13.6 Å². The number of alkyl halides is 2. The number of nitrogens with one attached hydrogen (secondary N) is 3. The van der Waals surface area contributed by atoms with Crippen molar-refractivity contribution >= 4 is 41.3 Å². The van der Waals surface area contributed by atoms with Crippen molar-refractivity contribution in [2.24, 2.45) is 34.3 Å². The topological polar surface area (TPSA) is 151 Å². The summed E-state index contributed by atoms with van der Waals surface area (Å²) in [4.78, 5) is 67.5. The van der Waals surface area contributed by atoms with Gasteiger partial charge >= 0.3 is 6.03 Å². The van der Waals surface area contributed by atoms with E-state index in [1.807, 2.05) is 48.5 Å². The molecule has 5 atom stereocenters. The first kappa shape index (κ1) is 38.0. The molecule has 262 valence electrons. The molecule has 0 radical (unpaired) electrons. The number of piperidine rings is 1. The average Bonchev–Trinajstić information content (AvgIpc) is 3.78. The smallest absolute Gasteiger partial charge is 0.315 e. The first-order valence-corrected chi connectivity index (χ1v) is 17.2. The van der Waals surface area contributed by atoms with Crippen LogP contribution in [0, 0.1) is 28.6 Å². The van der Waals surface area contributed by atoms with E-state index in [-0.39, 0.29) is 61.5 Å². The number of ketones is 1. The Morgan fingerprint density at radius 3 is 2.09 bits per heavy atom. The Balaban J connectivity index is 0.00000576. The molecule has 1 heterocycles. The predicted octanol–water partition coefficient (Wildman–Crippen LogP) is 4.25. The van der Waals surface area contributed by atoms with E-state index in [2.05, 4.69) is 16.0 Å². The van der Waals surface area contributed by atoms with Gasteiger partial charge in [-0.05, 0) is 53.1 Å². The number of carbonyl (C=O) groups is 5. The second kappa shape index (κ2) is 13.6. The minimum Gasteiger partial charge on any atom is -0.363 e. The summed E-state index contributed by atoms with van der Waals surface area (Å²) in [5.41, 5.74) is 3.49. The van der Waals surface area contributed by atoms with Crippen LogP contribution >= 0.6 is 11.8 Å². The standard InChI is InChI=1S/C32H51F2N5O5S.CH4/c1-17(2)45-16-31(10-12-32(33,34)13-11-31)38-28(44)37-24(29(3,4)5)27(43)39-15-19-21(30(19,6)7)22(39)26(42)36-20(14-18-8-9-18)23(40)25(35)41;/h17-22,24H,8-16H2,1-7H3,(H2,35,41)(H,36,42)(H2,37,38,44);1H4/t19?,20?,21?,22-,24?;/m0./s1. The average molecular weight is 672 g/mol. The maximum absolute atomic E-state index is 14.3. The number of primary amides is 1.